The molecule has 0 aromatic rings. The number of rotatable bonds is 7. The molecule has 0 radical (unpaired) electrons. The minimum absolute atomic E-state index is 0.0763. The lowest BCUT2D eigenvalue weighted by molar-refractivity contribution is 0.217. The molecule has 0 aliphatic heterocycles. The summed E-state index contributed by atoms with van der Waals surface area (Å²) in [5.74, 6) is 0. The van der Waals surface area contributed by atoms with Crippen molar-refractivity contribution < 1.29 is 13.6 Å². The zero-order valence-corrected chi connectivity index (χ0v) is 10.8. The van der Waals surface area contributed by atoms with E-state index < -0.39 is 7.60 Å². The van der Waals surface area contributed by atoms with Crippen molar-refractivity contribution in [3.05, 3.63) is 0 Å². The minimum Gasteiger partial charge on any atom is -0.308 e. The second-order valence-corrected chi connectivity index (χ2v) is 6.57. The Hall–Kier alpha value is 0.580. The molecule has 0 rings (SSSR count). The molecular formula is C8H20O3P2. The molecule has 0 heterocycles. The van der Waals surface area contributed by atoms with Gasteiger partial charge in [0.1, 0.15) is 0 Å². The van der Waals surface area contributed by atoms with E-state index in [2.05, 4.69) is 0 Å². The van der Waals surface area contributed by atoms with E-state index in [-0.39, 0.29) is 5.40 Å². The maximum absolute atomic E-state index is 12.1. The summed E-state index contributed by atoms with van der Waals surface area (Å²) in [6.45, 7) is 8.66. The lowest BCUT2D eigenvalue weighted by Crippen LogP contribution is -2.07. The average molecular weight is 226 g/mol. The van der Waals surface area contributed by atoms with Crippen molar-refractivity contribution in [2.75, 3.05) is 19.9 Å². The molecule has 0 saturated heterocycles. The molecule has 0 aliphatic carbocycles. The van der Waals surface area contributed by atoms with Gasteiger partial charge in [-0.1, -0.05) is 6.92 Å². The largest absolute Gasteiger partial charge is 0.337 e. The van der Waals surface area contributed by atoms with Gasteiger partial charge in [-0.3, -0.25) is 4.57 Å². The van der Waals surface area contributed by atoms with Crippen molar-refractivity contribution in [2.45, 2.75) is 32.6 Å². The Bertz CT molecular complexity index is 159. The van der Waals surface area contributed by atoms with E-state index in [0.717, 1.165) is 6.42 Å². The van der Waals surface area contributed by atoms with Crippen molar-refractivity contribution in [3.8, 4) is 0 Å². The zero-order valence-electron chi connectivity index (χ0n) is 8.87. The maximum atomic E-state index is 12.1. The van der Waals surface area contributed by atoms with Crippen molar-refractivity contribution >= 4 is 16.2 Å². The molecule has 3 nitrogen and oxygen atoms in total. The lowest BCUT2D eigenvalue weighted by atomic mass is 10.6. The Morgan fingerprint density at radius 3 is 1.92 bits per heavy atom. The first-order chi connectivity index (χ1) is 6.14. The van der Waals surface area contributed by atoms with E-state index in [9.17, 15) is 4.57 Å². The second-order valence-electron chi connectivity index (χ2n) is 2.59. The third-order valence-corrected chi connectivity index (χ3v) is 6.88. The van der Waals surface area contributed by atoms with Gasteiger partial charge in [-0.05, 0) is 26.9 Å². The molecule has 0 amide bonds. The first-order valence-electron chi connectivity index (χ1n) is 4.70. The predicted octanol–water partition coefficient (Wildman–Crippen LogP) is 3.30. The zero-order chi connectivity index (χ0) is 10.3. The molecule has 2 unspecified atom stereocenters. The van der Waals surface area contributed by atoms with Gasteiger partial charge in [-0.2, -0.15) is 0 Å². The van der Waals surface area contributed by atoms with Crippen molar-refractivity contribution in [1.82, 2.24) is 0 Å². The van der Waals surface area contributed by atoms with Gasteiger partial charge in [0.25, 0.3) is 0 Å². The smallest absolute Gasteiger partial charge is 0.308 e. The molecule has 0 aromatic heterocycles. The Labute approximate surface area is 82.9 Å². The molecule has 13 heavy (non-hydrogen) atoms. The van der Waals surface area contributed by atoms with Crippen LogP contribution in [0, 0.1) is 0 Å². The fourth-order valence-electron chi connectivity index (χ4n) is 1.16. The van der Waals surface area contributed by atoms with Gasteiger partial charge in [-0.15, -0.1) is 8.58 Å². The lowest BCUT2D eigenvalue weighted by Gasteiger charge is -2.24. The van der Waals surface area contributed by atoms with Crippen LogP contribution >= 0.6 is 16.2 Å². The molecule has 2 atom stereocenters. The van der Waals surface area contributed by atoms with Crippen LogP contribution in [-0.4, -0.2) is 25.3 Å². The SMILES string of the molecule is CCOP(=O)(OCC)C(CC)PC. The average Bonchev–Trinajstić information content (AvgIpc) is 2.07. The van der Waals surface area contributed by atoms with Gasteiger partial charge in [-0.25, -0.2) is 0 Å². The van der Waals surface area contributed by atoms with Gasteiger partial charge in [0.15, 0.2) is 0 Å². The van der Waals surface area contributed by atoms with Gasteiger partial charge in [0.05, 0.1) is 18.6 Å². The standard InChI is InChI=1S/C8H20O3P2/c1-5-8(12-4)13(9,10-6-2)11-7-3/h8,12H,5-7H2,1-4H3. The third kappa shape index (κ3) is 4.08. The molecule has 0 fully saturated rings. The number of hydrogen-bond donors (Lipinski definition) is 0. The molecule has 0 N–H and O–H groups in total. The summed E-state index contributed by atoms with van der Waals surface area (Å²) in [6.07, 6.45) is 0.853. The first kappa shape index (κ1) is 13.6. The predicted molar refractivity (Wildman–Crippen MR) is 59.2 cm³/mol. The van der Waals surface area contributed by atoms with E-state index in [1.54, 1.807) is 0 Å². The van der Waals surface area contributed by atoms with Gasteiger partial charge in [0, 0.05) is 0 Å². The van der Waals surface area contributed by atoms with Crippen molar-refractivity contribution in [2.24, 2.45) is 0 Å². The fourth-order valence-corrected chi connectivity index (χ4v) is 4.88. The summed E-state index contributed by atoms with van der Waals surface area (Å²) in [5.41, 5.74) is 0. The molecule has 0 aromatic carbocycles. The van der Waals surface area contributed by atoms with E-state index in [1.165, 1.54) is 0 Å². The minimum atomic E-state index is -2.82. The summed E-state index contributed by atoms with van der Waals surface area (Å²) < 4.78 is 22.6. The Balaban J connectivity index is 4.44. The second kappa shape index (κ2) is 6.95. The quantitative estimate of drug-likeness (QED) is 0.625. The van der Waals surface area contributed by atoms with E-state index in [0.29, 0.717) is 21.8 Å². The van der Waals surface area contributed by atoms with Crippen LogP contribution in [0.25, 0.3) is 0 Å². The normalized spacial score (nSPS) is 15.4. The van der Waals surface area contributed by atoms with E-state index in [4.69, 9.17) is 9.05 Å². The highest BCUT2D eigenvalue weighted by Crippen LogP contribution is 2.59. The summed E-state index contributed by atoms with van der Waals surface area (Å²) in [6, 6.07) is 0. The van der Waals surface area contributed by atoms with E-state index >= 15 is 0 Å². The number of hydrogen-bond acceptors (Lipinski definition) is 3. The topological polar surface area (TPSA) is 35.5 Å². The molecule has 0 spiro atoms. The molecule has 0 aliphatic rings. The molecule has 80 valence electrons. The van der Waals surface area contributed by atoms with Crippen molar-refractivity contribution in [3.63, 3.8) is 0 Å². The third-order valence-electron chi connectivity index (χ3n) is 1.72. The van der Waals surface area contributed by atoms with Crippen LogP contribution < -0.4 is 0 Å². The molecule has 0 saturated carbocycles. The monoisotopic (exact) mass is 226 g/mol. The first-order valence-corrected chi connectivity index (χ1v) is 7.89. The van der Waals surface area contributed by atoms with Crippen LogP contribution in [0.2, 0.25) is 0 Å². The fraction of sp³-hybridized carbons (Fsp3) is 1.00. The Morgan fingerprint density at radius 2 is 1.69 bits per heavy atom. The summed E-state index contributed by atoms with van der Waals surface area (Å²) in [4.78, 5) is 0. The van der Waals surface area contributed by atoms with Crippen LogP contribution in [0.15, 0.2) is 0 Å². The van der Waals surface area contributed by atoms with Crippen LogP contribution in [0.5, 0.6) is 0 Å². The maximum Gasteiger partial charge on any atom is 0.337 e. The van der Waals surface area contributed by atoms with Crippen LogP contribution in [-0.2, 0) is 13.6 Å². The van der Waals surface area contributed by atoms with Gasteiger partial charge >= 0.3 is 7.60 Å². The highest BCUT2D eigenvalue weighted by atomic mass is 31.2. The Kier molecular flexibility index (Phi) is 7.26. The van der Waals surface area contributed by atoms with E-state index in [1.807, 2.05) is 27.4 Å². The summed E-state index contributed by atoms with van der Waals surface area (Å²) in [5, 5.41) is 0.0763. The molecule has 0 bridgehead atoms. The van der Waals surface area contributed by atoms with Crippen molar-refractivity contribution in [1.29, 1.82) is 0 Å². The van der Waals surface area contributed by atoms with Crippen LogP contribution in [0.3, 0.4) is 0 Å². The summed E-state index contributed by atoms with van der Waals surface area (Å²) in [7, 11) is -2.21. The molecular weight excluding hydrogens is 206 g/mol. The van der Waals surface area contributed by atoms with Crippen LogP contribution in [0.4, 0.5) is 0 Å². The van der Waals surface area contributed by atoms with Gasteiger partial charge < -0.3 is 9.05 Å². The highest BCUT2D eigenvalue weighted by molar-refractivity contribution is 7.66. The molecule has 5 heteroatoms. The highest BCUT2D eigenvalue weighted by Gasteiger charge is 2.32. The van der Waals surface area contributed by atoms with Crippen LogP contribution in [0.1, 0.15) is 27.2 Å². The Morgan fingerprint density at radius 1 is 1.23 bits per heavy atom. The summed E-state index contributed by atoms with van der Waals surface area (Å²) >= 11 is 0. The van der Waals surface area contributed by atoms with Gasteiger partial charge in [0.2, 0.25) is 0 Å².